The summed E-state index contributed by atoms with van der Waals surface area (Å²) in [7, 11) is 3.14. The van der Waals surface area contributed by atoms with Gasteiger partial charge in [-0.1, -0.05) is 6.07 Å². The van der Waals surface area contributed by atoms with Crippen LogP contribution < -0.4 is 19.5 Å². The first-order valence-corrected chi connectivity index (χ1v) is 9.61. The van der Waals surface area contributed by atoms with Crippen LogP contribution in [0.15, 0.2) is 42.5 Å². The van der Waals surface area contributed by atoms with E-state index in [0.29, 0.717) is 30.2 Å². The molecule has 28 heavy (non-hydrogen) atoms. The first kappa shape index (κ1) is 21.8. The number of amides is 1. The largest absolute Gasteiger partial charge is 0.493 e. The summed E-state index contributed by atoms with van der Waals surface area (Å²) in [5.41, 5.74) is 0.987. The van der Waals surface area contributed by atoms with Crippen molar-refractivity contribution in [2.24, 2.45) is 0 Å². The molecule has 8 heteroatoms. The minimum absolute atomic E-state index is 0.250. The van der Waals surface area contributed by atoms with Crippen LogP contribution in [0, 0.1) is 3.57 Å². The Morgan fingerprint density at radius 1 is 0.964 bits per heavy atom. The normalized spacial score (nSPS) is 10.1. The number of halogens is 1. The molecule has 1 N–H and O–H groups in total. The number of esters is 1. The number of methoxy groups -OCH3 is 2. The second-order valence-electron chi connectivity index (χ2n) is 5.69. The predicted molar refractivity (Wildman–Crippen MR) is 112 cm³/mol. The summed E-state index contributed by atoms with van der Waals surface area (Å²) in [6.07, 6.45) is 0.607. The second kappa shape index (κ2) is 11.4. The summed E-state index contributed by atoms with van der Waals surface area (Å²) in [6, 6.07) is 12.8. The highest BCUT2D eigenvalue weighted by atomic mass is 127. The molecule has 2 aromatic carbocycles. The minimum Gasteiger partial charge on any atom is -0.493 e. The lowest BCUT2D eigenvalue weighted by Crippen LogP contribution is -2.31. The SMILES string of the molecule is COc1ccc(CCNC(=O)COC(=O)COc2ccc(I)cc2)cc1OC. The molecule has 0 saturated carbocycles. The molecule has 0 spiro atoms. The van der Waals surface area contributed by atoms with Crippen LogP contribution in [0.25, 0.3) is 0 Å². The standard InChI is InChI=1S/C20H22INO6/c1-25-17-8-3-14(11-18(17)26-2)9-10-22-19(23)12-28-20(24)13-27-16-6-4-15(21)5-7-16/h3-8,11H,9-10,12-13H2,1-2H3,(H,22,23). The Morgan fingerprint density at radius 2 is 1.68 bits per heavy atom. The van der Waals surface area contributed by atoms with Crippen LogP contribution >= 0.6 is 22.6 Å². The number of carbonyl (C=O) groups excluding carboxylic acids is 2. The number of nitrogens with one attached hydrogen (secondary N) is 1. The third-order valence-corrected chi connectivity index (χ3v) is 4.44. The fourth-order valence-corrected chi connectivity index (χ4v) is 2.65. The summed E-state index contributed by atoms with van der Waals surface area (Å²) in [5.74, 6) is 0.872. The highest BCUT2D eigenvalue weighted by Gasteiger charge is 2.09. The maximum Gasteiger partial charge on any atom is 0.344 e. The third-order valence-electron chi connectivity index (χ3n) is 3.72. The average Bonchev–Trinajstić information content (AvgIpc) is 2.71. The molecule has 0 unspecified atom stereocenters. The van der Waals surface area contributed by atoms with Crippen molar-refractivity contribution in [2.75, 3.05) is 34.0 Å². The number of hydrogen-bond donors (Lipinski definition) is 1. The molecule has 0 aliphatic carbocycles. The predicted octanol–water partition coefficient (Wildman–Crippen LogP) is 2.59. The van der Waals surface area contributed by atoms with Gasteiger partial charge in [-0.05, 0) is 71.0 Å². The van der Waals surface area contributed by atoms with E-state index in [1.807, 2.05) is 30.3 Å². The quantitative estimate of drug-likeness (QED) is 0.400. The van der Waals surface area contributed by atoms with E-state index in [4.69, 9.17) is 18.9 Å². The lowest BCUT2D eigenvalue weighted by atomic mass is 10.1. The average molecular weight is 499 g/mol. The Morgan fingerprint density at radius 3 is 2.36 bits per heavy atom. The van der Waals surface area contributed by atoms with E-state index in [-0.39, 0.29) is 19.1 Å². The van der Waals surface area contributed by atoms with Crippen LogP contribution in [0.2, 0.25) is 0 Å². The van der Waals surface area contributed by atoms with Crippen molar-refractivity contribution in [3.8, 4) is 17.2 Å². The minimum atomic E-state index is -0.603. The van der Waals surface area contributed by atoms with Gasteiger partial charge in [-0.25, -0.2) is 4.79 Å². The lowest BCUT2D eigenvalue weighted by molar-refractivity contribution is -0.150. The Balaban J connectivity index is 1.65. The van der Waals surface area contributed by atoms with Crippen molar-refractivity contribution in [2.45, 2.75) is 6.42 Å². The summed E-state index contributed by atoms with van der Waals surface area (Å²) in [5, 5.41) is 2.70. The van der Waals surface area contributed by atoms with Gasteiger partial charge in [0.05, 0.1) is 14.2 Å². The number of benzene rings is 2. The maximum absolute atomic E-state index is 11.8. The highest BCUT2D eigenvalue weighted by Crippen LogP contribution is 2.27. The van der Waals surface area contributed by atoms with Crippen molar-refractivity contribution in [1.82, 2.24) is 5.32 Å². The Labute approximate surface area is 177 Å². The van der Waals surface area contributed by atoms with Crippen LogP contribution in [0.4, 0.5) is 0 Å². The van der Waals surface area contributed by atoms with E-state index in [1.54, 1.807) is 26.4 Å². The Bertz CT molecular complexity index is 794. The van der Waals surface area contributed by atoms with E-state index in [1.165, 1.54) is 0 Å². The van der Waals surface area contributed by atoms with Crippen LogP contribution in [0.3, 0.4) is 0 Å². The molecule has 0 saturated heterocycles. The molecule has 0 aliphatic heterocycles. The zero-order valence-corrected chi connectivity index (χ0v) is 17.9. The first-order valence-electron chi connectivity index (χ1n) is 8.53. The zero-order chi connectivity index (χ0) is 20.4. The Kier molecular flexibility index (Phi) is 8.86. The van der Waals surface area contributed by atoms with Gasteiger partial charge < -0.3 is 24.3 Å². The van der Waals surface area contributed by atoms with E-state index >= 15 is 0 Å². The molecule has 1 amide bonds. The van der Waals surface area contributed by atoms with Gasteiger partial charge >= 0.3 is 5.97 Å². The van der Waals surface area contributed by atoms with Gasteiger partial charge in [-0.2, -0.15) is 0 Å². The van der Waals surface area contributed by atoms with E-state index in [9.17, 15) is 9.59 Å². The Hall–Kier alpha value is -2.49. The molecule has 0 bridgehead atoms. The highest BCUT2D eigenvalue weighted by molar-refractivity contribution is 14.1. The summed E-state index contributed by atoms with van der Waals surface area (Å²) in [4.78, 5) is 23.5. The molecule has 150 valence electrons. The molecule has 0 atom stereocenters. The summed E-state index contributed by atoms with van der Waals surface area (Å²) in [6.45, 7) is -0.189. The van der Waals surface area contributed by atoms with Gasteiger partial charge in [0, 0.05) is 10.1 Å². The van der Waals surface area contributed by atoms with Gasteiger partial charge in [0.1, 0.15) is 5.75 Å². The fourth-order valence-electron chi connectivity index (χ4n) is 2.29. The number of carbonyl (C=O) groups is 2. The molecular weight excluding hydrogens is 477 g/mol. The first-order chi connectivity index (χ1) is 13.5. The molecule has 0 aliphatic rings. The molecule has 2 rings (SSSR count). The molecule has 2 aromatic rings. The summed E-state index contributed by atoms with van der Waals surface area (Å²) < 4.78 is 21.7. The van der Waals surface area contributed by atoms with Crippen molar-refractivity contribution in [3.63, 3.8) is 0 Å². The molecule has 0 aromatic heterocycles. The van der Waals surface area contributed by atoms with Crippen LogP contribution in [0.5, 0.6) is 17.2 Å². The monoisotopic (exact) mass is 499 g/mol. The van der Waals surface area contributed by atoms with Gasteiger partial charge in [-0.15, -0.1) is 0 Å². The van der Waals surface area contributed by atoms with Gasteiger partial charge in [0.2, 0.25) is 0 Å². The number of ether oxygens (including phenoxy) is 4. The molecule has 0 radical (unpaired) electrons. The van der Waals surface area contributed by atoms with Gasteiger partial charge in [0.25, 0.3) is 5.91 Å². The maximum atomic E-state index is 11.8. The van der Waals surface area contributed by atoms with Crippen LogP contribution in [-0.2, 0) is 20.7 Å². The van der Waals surface area contributed by atoms with Crippen molar-refractivity contribution < 1.29 is 28.5 Å². The topological polar surface area (TPSA) is 83.1 Å². The molecule has 7 nitrogen and oxygen atoms in total. The van der Waals surface area contributed by atoms with Crippen molar-refractivity contribution in [3.05, 3.63) is 51.6 Å². The van der Waals surface area contributed by atoms with E-state index in [2.05, 4.69) is 27.9 Å². The van der Waals surface area contributed by atoms with Crippen molar-refractivity contribution in [1.29, 1.82) is 0 Å². The van der Waals surface area contributed by atoms with E-state index in [0.717, 1.165) is 9.13 Å². The van der Waals surface area contributed by atoms with Crippen LogP contribution in [-0.4, -0.2) is 45.9 Å². The second-order valence-corrected chi connectivity index (χ2v) is 6.94. The van der Waals surface area contributed by atoms with Gasteiger partial charge in [0.15, 0.2) is 24.7 Å². The number of rotatable bonds is 10. The van der Waals surface area contributed by atoms with Crippen molar-refractivity contribution >= 4 is 34.5 Å². The lowest BCUT2D eigenvalue weighted by Gasteiger charge is -2.10. The van der Waals surface area contributed by atoms with E-state index < -0.39 is 5.97 Å². The third kappa shape index (κ3) is 7.26. The smallest absolute Gasteiger partial charge is 0.344 e. The molecular formula is C20H22INO6. The fraction of sp³-hybridized carbons (Fsp3) is 0.300. The van der Waals surface area contributed by atoms with Gasteiger partial charge in [-0.3, -0.25) is 4.79 Å². The molecule has 0 fully saturated rings. The summed E-state index contributed by atoms with van der Waals surface area (Å²) >= 11 is 2.18. The van der Waals surface area contributed by atoms with Crippen LogP contribution in [0.1, 0.15) is 5.56 Å². The number of hydrogen-bond acceptors (Lipinski definition) is 6. The zero-order valence-electron chi connectivity index (χ0n) is 15.7. The molecule has 0 heterocycles.